The minimum absolute atomic E-state index is 0.290. The van der Waals surface area contributed by atoms with Crippen LogP contribution >= 0.6 is 22.9 Å². The molecular formula is C39H22ClN3OS. The van der Waals surface area contributed by atoms with E-state index < -0.39 is 0 Å². The van der Waals surface area contributed by atoms with Gasteiger partial charge in [0.05, 0.1) is 15.7 Å². The predicted octanol–water partition coefficient (Wildman–Crippen LogP) is 11.8. The lowest BCUT2D eigenvalue weighted by atomic mass is 9.97. The number of hydrogen-bond donors (Lipinski definition) is 0. The molecule has 10 aromatic rings. The standard InChI is InChI=1S/C39H22ClN3OS/c1-3-21-13-15-29-27(17-21)32-24-10-6-7-11-25(24)33-28-18-22-8-4-5-9-23(22)19-31(28)45-36(33)35(32)43(29)38-37(40)42-39-34(41-38)26-14-12-20(2)16-30(26)44-39/h3-19H,1H2,2H3. The van der Waals surface area contributed by atoms with Gasteiger partial charge in [-0.05, 0) is 76.0 Å². The van der Waals surface area contributed by atoms with Gasteiger partial charge in [0, 0.05) is 31.6 Å². The number of hydrogen-bond acceptors (Lipinski definition) is 4. The van der Waals surface area contributed by atoms with Crippen LogP contribution in [0.15, 0.2) is 108 Å². The number of benzene rings is 6. The fourth-order valence-corrected chi connectivity index (χ4v) is 8.57. The summed E-state index contributed by atoms with van der Waals surface area (Å²) in [6.07, 6.45) is 1.90. The van der Waals surface area contributed by atoms with E-state index in [4.69, 9.17) is 26.0 Å². The van der Waals surface area contributed by atoms with Crippen LogP contribution in [0.3, 0.4) is 0 Å². The first-order chi connectivity index (χ1) is 22.1. The molecule has 6 aromatic carbocycles. The number of halogens is 1. The lowest BCUT2D eigenvalue weighted by molar-refractivity contribution is 0.652. The van der Waals surface area contributed by atoms with Crippen molar-refractivity contribution in [2.75, 3.05) is 0 Å². The second kappa shape index (κ2) is 8.91. The van der Waals surface area contributed by atoms with Crippen molar-refractivity contribution in [1.82, 2.24) is 14.5 Å². The van der Waals surface area contributed by atoms with E-state index in [1.807, 2.05) is 36.5 Å². The van der Waals surface area contributed by atoms with Gasteiger partial charge in [-0.15, -0.1) is 11.3 Å². The first-order valence-corrected chi connectivity index (χ1v) is 16.0. The van der Waals surface area contributed by atoms with E-state index in [0.717, 1.165) is 38.5 Å². The highest BCUT2D eigenvalue weighted by atomic mass is 35.5. The first-order valence-electron chi connectivity index (χ1n) is 14.8. The smallest absolute Gasteiger partial charge is 0.247 e. The number of furan rings is 1. The van der Waals surface area contributed by atoms with Gasteiger partial charge in [0.2, 0.25) is 5.71 Å². The monoisotopic (exact) mass is 615 g/mol. The third-order valence-electron chi connectivity index (χ3n) is 9.08. The van der Waals surface area contributed by atoms with E-state index in [0.29, 0.717) is 17.0 Å². The van der Waals surface area contributed by atoms with Gasteiger partial charge < -0.3 is 4.42 Å². The topological polar surface area (TPSA) is 43.9 Å². The minimum atomic E-state index is 0.290. The number of aromatic nitrogens is 3. The molecule has 0 atom stereocenters. The number of nitrogens with zero attached hydrogens (tertiary/aromatic N) is 3. The highest BCUT2D eigenvalue weighted by Gasteiger charge is 2.25. The van der Waals surface area contributed by atoms with Crippen LogP contribution in [0.4, 0.5) is 0 Å². The summed E-state index contributed by atoms with van der Waals surface area (Å²) >= 11 is 8.88. The van der Waals surface area contributed by atoms with Crippen LogP contribution in [-0.2, 0) is 0 Å². The quantitative estimate of drug-likeness (QED) is 0.194. The normalized spacial score (nSPS) is 12.3. The van der Waals surface area contributed by atoms with Crippen LogP contribution in [0.1, 0.15) is 11.1 Å². The average molecular weight is 616 g/mol. The summed E-state index contributed by atoms with van der Waals surface area (Å²) in [4.78, 5) is 9.99. The Morgan fingerprint density at radius 3 is 2.38 bits per heavy atom. The second-order valence-electron chi connectivity index (χ2n) is 11.7. The van der Waals surface area contributed by atoms with Crippen LogP contribution in [0, 0.1) is 6.92 Å². The van der Waals surface area contributed by atoms with Gasteiger partial charge in [0.15, 0.2) is 11.0 Å². The van der Waals surface area contributed by atoms with Crippen LogP contribution < -0.4 is 0 Å². The molecule has 45 heavy (non-hydrogen) atoms. The Labute approximate surface area is 265 Å². The maximum absolute atomic E-state index is 7.06. The number of rotatable bonds is 2. The molecule has 212 valence electrons. The summed E-state index contributed by atoms with van der Waals surface area (Å²) < 4.78 is 10.8. The van der Waals surface area contributed by atoms with E-state index >= 15 is 0 Å². The molecule has 0 aliphatic heterocycles. The molecule has 4 heterocycles. The number of thiophene rings is 1. The van der Waals surface area contributed by atoms with Crippen molar-refractivity contribution in [2.45, 2.75) is 6.92 Å². The predicted molar refractivity (Wildman–Crippen MR) is 191 cm³/mol. The summed E-state index contributed by atoms with van der Waals surface area (Å²) in [5.74, 6) is 0.581. The van der Waals surface area contributed by atoms with E-state index in [1.54, 1.807) is 0 Å². The van der Waals surface area contributed by atoms with Crippen LogP contribution in [0.25, 0.3) is 97.6 Å². The summed E-state index contributed by atoms with van der Waals surface area (Å²) in [5.41, 5.74) is 6.13. The SMILES string of the molecule is C=Cc1ccc2c(c1)c1c3ccccc3c3c4cc5ccccc5cc4sc3c1n2-c1nc2c(nc1Cl)oc1cc(C)ccc12. The van der Waals surface area contributed by atoms with Crippen molar-refractivity contribution in [2.24, 2.45) is 0 Å². The van der Waals surface area contributed by atoms with Crippen LogP contribution in [0.5, 0.6) is 0 Å². The largest absolute Gasteiger partial charge is 0.436 e. The third-order valence-corrected chi connectivity index (χ3v) is 10.5. The van der Waals surface area contributed by atoms with Crippen molar-refractivity contribution >= 4 is 115 Å². The molecule has 6 heteroatoms. The second-order valence-corrected chi connectivity index (χ2v) is 13.1. The first kappa shape index (κ1) is 25.1. The Hall–Kier alpha value is -5.23. The van der Waals surface area contributed by atoms with E-state index in [9.17, 15) is 0 Å². The van der Waals surface area contributed by atoms with Crippen molar-refractivity contribution < 1.29 is 4.42 Å². The Kier molecular flexibility index (Phi) is 4.98. The highest BCUT2D eigenvalue weighted by molar-refractivity contribution is 7.27. The van der Waals surface area contributed by atoms with Gasteiger partial charge in [0.25, 0.3) is 0 Å². The molecule has 4 nitrogen and oxygen atoms in total. The molecule has 0 N–H and O–H groups in total. The average Bonchev–Trinajstić information content (AvgIpc) is 3.71. The van der Waals surface area contributed by atoms with Crippen molar-refractivity contribution in [1.29, 1.82) is 0 Å². The number of aryl methyl sites for hydroxylation is 1. The number of fused-ring (bicyclic) bond motifs is 14. The molecule has 0 unspecified atom stereocenters. The van der Waals surface area contributed by atoms with Gasteiger partial charge in [-0.2, -0.15) is 4.98 Å². The molecule has 0 spiro atoms. The fourth-order valence-electron chi connectivity index (χ4n) is 7.07. The summed E-state index contributed by atoms with van der Waals surface area (Å²) in [6, 6.07) is 34.6. The maximum atomic E-state index is 7.06. The zero-order chi connectivity index (χ0) is 30.0. The molecule has 10 rings (SSSR count). The van der Waals surface area contributed by atoms with Gasteiger partial charge >= 0.3 is 0 Å². The third kappa shape index (κ3) is 3.37. The van der Waals surface area contributed by atoms with E-state index in [1.165, 1.54) is 47.1 Å². The van der Waals surface area contributed by atoms with Gasteiger partial charge in [-0.25, -0.2) is 4.98 Å². The maximum Gasteiger partial charge on any atom is 0.247 e. The van der Waals surface area contributed by atoms with E-state index in [-0.39, 0.29) is 5.15 Å². The van der Waals surface area contributed by atoms with Gasteiger partial charge in [-0.3, -0.25) is 4.57 Å². The molecule has 0 fully saturated rings. The van der Waals surface area contributed by atoms with E-state index in [2.05, 4.69) is 96.1 Å². The van der Waals surface area contributed by atoms with Gasteiger partial charge in [-0.1, -0.05) is 84.9 Å². The zero-order valence-electron chi connectivity index (χ0n) is 24.1. The molecular weight excluding hydrogens is 594 g/mol. The molecule has 4 aromatic heterocycles. The molecule has 0 radical (unpaired) electrons. The lowest BCUT2D eigenvalue weighted by Crippen LogP contribution is -2.00. The summed E-state index contributed by atoms with van der Waals surface area (Å²) in [6.45, 7) is 6.12. The Morgan fingerprint density at radius 2 is 1.56 bits per heavy atom. The zero-order valence-corrected chi connectivity index (χ0v) is 25.6. The fraction of sp³-hybridized carbons (Fsp3) is 0.0256. The Morgan fingerprint density at radius 1 is 0.778 bits per heavy atom. The molecule has 0 saturated carbocycles. The van der Waals surface area contributed by atoms with Crippen LogP contribution in [-0.4, -0.2) is 14.5 Å². The van der Waals surface area contributed by atoms with Crippen LogP contribution in [0.2, 0.25) is 5.15 Å². The minimum Gasteiger partial charge on any atom is -0.436 e. The Balaban J connectivity index is 1.46. The van der Waals surface area contributed by atoms with Crippen molar-refractivity contribution in [3.05, 3.63) is 120 Å². The van der Waals surface area contributed by atoms with Crippen molar-refractivity contribution in [3.63, 3.8) is 0 Å². The van der Waals surface area contributed by atoms with Crippen molar-refractivity contribution in [3.8, 4) is 5.82 Å². The molecule has 0 aliphatic carbocycles. The molecule has 0 amide bonds. The summed E-state index contributed by atoms with van der Waals surface area (Å²) in [5, 5.41) is 10.9. The summed E-state index contributed by atoms with van der Waals surface area (Å²) in [7, 11) is 0. The lowest BCUT2D eigenvalue weighted by Gasteiger charge is -2.10. The molecule has 0 saturated heterocycles. The molecule has 0 aliphatic rings. The highest BCUT2D eigenvalue weighted by Crippen LogP contribution is 2.49. The molecule has 0 bridgehead atoms. The van der Waals surface area contributed by atoms with Gasteiger partial charge in [0.1, 0.15) is 11.1 Å². The Bertz CT molecular complexity index is 2930.